The summed E-state index contributed by atoms with van der Waals surface area (Å²) < 4.78 is 85.1. The number of furan rings is 1. The van der Waals surface area contributed by atoms with Crippen LogP contribution in [0.25, 0.3) is 22.1 Å². The molecule has 0 unspecified atom stereocenters. The first kappa shape index (κ1) is 25.9. The lowest BCUT2D eigenvalue weighted by Gasteiger charge is -2.22. The molecule has 1 aliphatic heterocycles. The topological polar surface area (TPSA) is 79.6 Å². The van der Waals surface area contributed by atoms with Gasteiger partial charge < -0.3 is 9.73 Å². The third kappa shape index (κ3) is 5.16. The zero-order chi connectivity index (χ0) is 27.1. The molecule has 1 aliphatic rings. The van der Waals surface area contributed by atoms with Gasteiger partial charge in [0.05, 0.1) is 5.56 Å². The third-order valence-corrected chi connectivity index (χ3v) is 8.23. The largest absolute Gasteiger partial charge is 0.443 e. The van der Waals surface area contributed by atoms with Crippen molar-refractivity contribution in [2.45, 2.75) is 36.7 Å². The molecule has 6 nitrogen and oxygen atoms in total. The zero-order valence-corrected chi connectivity index (χ0v) is 20.7. The molecular formula is C27H22F4N2O4S. The molecule has 0 saturated carbocycles. The van der Waals surface area contributed by atoms with E-state index in [1.54, 1.807) is 24.3 Å². The van der Waals surface area contributed by atoms with Crippen LogP contribution in [0, 0.1) is 5.82 Å². The van der Waals surface area contributed by atoms with Crippen LogP contribution < -0.4 is 5.32 Å². The van der Waals surface area contributed by atoms with Crippen molar-refractivity contribution in [3.8, 4) is 11.1 Å². The van der Waals surface area contributed by atoms with E-state index in [0.29, 0.717) is 34.9 Å². The number of fused-ring (bicyclic) bond motifs is 1. The molecule has 1 amide bonds. The van der Waals surface area contributed by atoms with Gasteiger partial charge >= 0.3 is 6.18 Å². The Balaban J connectivity index is 1.28. The number of halogens is 4. The van der Waals surface area contributed by atoms with Crippen LogP contribution in [-0.4, -0.2) is 31.2 Å². The Labute approximate surface area is 215 Å². The lowest BCUT2D eigenvalue weighted by molar-refractivity contribution is -0.137. The van der Waals surface area contributed by atoms with Gasteiger partial charge in [-0.3, -0.25) is 4.79 Å². The fourth-order valence-electron chi connectivity index (χ4n) is 4.54. The Morgan fingerprint density at radius 2 is 1.76 bits per heavy atom. The molecule has 1 saturated heterocycles. The molecule has 38 heavy (non-hydrogen) atoms. The van der Waals surface area contributed by atoms with Gasteiger partial charge in [-0.05, 0) is 65.9 Å². The SMILES string of the molecule is O=C(NCc1cccc(-c2ccc(C(F)(F)F)cc2)c1)[C@@H]1CCCN1S(=O)(=O)c1cc2cc(F)ccc2o1. The summed E-state index contributed by atoms with van der Waals surface area (Å²) in [6, 6.07) is 15.8. The third-order valence-electron chi connectivity index (χ3n) is 6.46. The number of rotatable bonds is 6. The number of carbonyl (C=O) groups is 1. The second-order valence-corrected chi connectivity index (χ2v) is 10.8. The first-order chi connectivity index (χ1) is 18.0. The lowest BCUT2D eigenvalue weighted by atomic mass is 10.0. The van der Waals surface area contributed by atoms with Crippen molar-refractivity contribution in [1.82, 2.24) is 9.62 Å². The summed E-state index contributed by atoms with van der Waals surface area (Å²) >= 11 is 0. The van der Waals surface area contributed by atoms with Crippen LogP contribution >= 0.6 is 0 Å². The predicted molar refractivity (Wildman–Crippen MR) is 132 cm³/mol. The van der Waals surface area contributed by atoms with E-state index in [1.807, 2.05) is 0 Å². The number of carbonyl (C=O) groups excluding carboxylic acids is 1. The van der Waals surface area contributed by atoms with Crippen molar-refractivity contribution in [3.05, 3.63) is 89.7 Å². The number of alkyl halides is 3. The molecule has 0 bridgehead atoms. The van der Waals surface area contributed by atoms with E-state index in [9.17, 15) is 30.8 Å². The normalized spacial score (nSPS) is 16.7. The quantitative estimate of drug-likeness (QED) is 0.314. The molecule has 11 heteroatoms. The maximum absolute atomic E-state index is 13.5. The van der Waals surface area contributed by atoms with Gasteiger partial charge in [-0.15, -0.1) is 0 Å². The molecule has 5 rings (SSSR count). The summed E-state index contributed by atoms with van der Waals surface area (Å²) in [7, 11) is -4.14. The van der Waals surface area contributed by atoms with Gasteiger partial charge in [0.2, 0.25) is 11.0 Å². The van der Waals surface area contributed by atoms with Gasteiger partial charge in [-0.2, -0.15) is 17.5 Å². The van der Waals surface area contributed by atoms with Crippen molar-refractivity contribution in [2.24, 2.45) is 0 Å². The highest BCUT2D eigenvalue weighted by Crippen LogP contribution is 2.32. The fourth-order valence-corrected chi connectivity index (χ4v) is 6.15. The predicted octanol–water partition coefficient (Wildman–Crippen LogP) is 5.73. The van der Waals surface area contributed by atoms with Gasteiger partial charge in [0.25, 0.3) is 10.0 Å². The minimum absolute atomic E-state index is 0.0988. The lowest BCUT2D eigenvalue weighted by Crippen LogP contribution is -2.45. The monoisotopic (exact) mass is 546 g/mol. The number of sulfonamides is 1. The van der Waals surface area contributed by atoms with Gasteiger partial charge in [-0.25, -0.2) is 12.8 Å². The first-order valence-electron chi connectivity index (χ1n) is 11.8. The summed E-state index contributed by atoms with van der Waals surface area (Å²) in [4.78, 5) is 13.0. The van der Waals surface area contributed by atoms with E-state index < -0.39 is 39.5 Å². The maximum Gasteiger partial charge on any atom is 0.416 e. The van der Waals surface area contributed by atoms with Crippen LogP contribution in [-0.2, 0) is 27.5 Å². The van der Waals surface area contributed by atoms with E-state index in [0.717, 1.165) is 16.4 Å². The zero-order valence-electron chi connectivity index (χ0n) is 19.8. The average molecular weight is 547 g/mol. The Hall–Kier alpha value is -3.70. The van der Waals surface area contributed by atoms with Crippen LogP contribution in [0.4, 0.5) is 17.6 Å². The van der Waals surface area contributed by atoms with E-state index >= 15 is 0 Å². The van der Waals surface area contributed by atoms with E-state index in [4.69, 9.17) is 4.42 Å². The molecule has 4 aromatic rings. The van der Waals surface area contributed by atoms with Gasteiger partial charge in [0.15, 0.2) is 0 Å². The Bertz CT molecular complexity index is 1600. The van der Waals surface area contributed by atoms with Gasteiger partial charge in [0, 0.05) is 24.5 Å². The second kappa shape index (κ2) is 9.88. The molecule has 1 N–H and O–H groups in total. The highest BCUT2D eigenvalue weighted by Gasteiger charge is 2.41. The van der Waals surface area contributed by atoms with Crippen LogP contribution in [0.3, 0.4) is 0 Å². The summed E-state index contributed by atoms with van der Waals surface area (Å²) in [5.74, 6) is -1.00. The number of amides is 1. The summed E-state index contributed by atoms with van der Waals surface area (Å²) in [6.45, 7) is 0.233. The first-order valence-corrected chi connectivity index (χ1v) is 13.2. The molecule has 3 aromatic carbocycles. The molecule has 1 aromatic heterocycles. The van der Waals surface area contributed by atoms with Crippen molar-refractivity contribution in [2.75, 3.05) is 6.54 Å². The Kier molecular flexibility index (Phi) is 6.74. The number of hydrogen-bond acceptors (Lipinski definition) is 4. The minimum atomic E-state index is -4.42. The van der Waals surface area contributed by atoms with Gasteiger partial charge in [0.1, 0.15) is 17.4 Å². The van der Waals surface area contributed by atoms with Crippen LogP contribution in [0.5, 0.6) is 0 Å². The van der Waals surface area contributed by atoms with Gasteiger partial charge in [-0.1, -0.05) is 30.3 Å². The fraction of sp³-hybridized carbons (Fsp3) is 0.222. The molecule has 1 atom stereocenters. The van der Waals surface area contributed by atoms with Crippen molar-refractivity contribution in [1.29, 1.82) is 0 Å². The molecular weight excluding hydrogens is 524 g/mol. The van der Waals surface area contributed by atoms with Crippen molar-refractivity contribution < 1.29 is 35.2 Å². The number of hydrogen-bond donors (Lipinski definition) is 1. The molecule has 198 valence electrons. The Morgan fingerprint density at radius 3 is 2.50 bits per heavy atom. The standard InChI is InChI=1S/C27H22F4N2O4S/c28-22-10-11-24-20(14-22)15-25(37-24)38(35,36)33-12-2-5-23(33)26(34)32-16-17-3-1-4-19(13-17)18-6-8-21(9-7-18)27(29,30)31/h1,3-4,6-11,13-15,23H,2,5,12,16H2,(H,32,34)/t23-/m0/s1. The average Bonchev–Trinajstić information content (AvgIpc) is 3.55. The number of nitrogens with zero attached hydrogens (tertiary/aromatic N) is 1. The smallest absolute Gasteiger partial charge is 0.416 e. The van der Waals surface area contributed by atoms with Crippen LogP contribution in [0.15, 0.2) is 82.3 Å². The summed E-state index contributed by atoms with van der Waals surface area (Å²) in [5, 5.41) is 2.71. The number of nitrogens with one attached hydrogen (secondary N) is 1. The van der Waals surface area contributed by atoms with E-state index in [1.165, 1.54) is 36.4 Å². The van der Waals surface area contributed by atoms with E-state index in [2.05, 4.69) is 5.32 Å². The van der Waals surface area contributed by atoms with E-state index in [-0.39, 0.29) is 23.8 Å². The maximum atomic E-state index is 13.5. The second-order valence-electron chi connectivity index (χ2n) is 9.01. The molecule has 0 aliphatic carbocycles. The molecule has 0 spiro atoms. The molecule has 2 heterocycles. The highest BCUT2D eigenvalue weighted by atomic mass is 32.2. The minimum Gasteiger partial charge on any atom is -0.443 e. The van der Waals surface area contributed by atoms with Crippen molar-refractivity contribution >= 4 is 26.9 Å². The Morgan fingerprint density at radius 1 is 1.00 bits per heavy atom. The molecule has 1 fully saturated rings. The molecule has 0 radical (unpaired) electrons. The summed E-state index contributed by atoms with van der Waals surface area (Å²) in [5.41, 5.74) is 1.44. The number of benzene rings is 3. The highest BCUT2D eigenvalue weighted by molar-refractivity contribution is 7.89. The van der Waals surface area contributed by atoms with Crippen molar-refractivity contribution in [3.63, 3.8) is 0 Å². The van der Waals surface area contributed by atoms with Crippen LogP contribution in [0.2, 0.25) is 0 Å². The summed E-state index contributed by atoms with van der Waals surface area (Å²) in [6.07, 6.45) is -3.62. The van der Waals surface area contributed by atoms with Crippen LogP contribution in [0.1, 0.15) is 24.0 Å².